The van der Waals surface area contributed by atoms with Gasteiger partial charge in [-0.2, -0.15) is 5.26 Å². The molecule has 1 fully saturated rings. The van der Waals surface area contributed by atoms with Crippen LogP contribution in [0.4, 0.5) is 0 Å². The second-order valence-corrected chi connectivity index (χ2v) is 7.51. The zero-order valence-electron chi connectivity index (χ0n) is 16.5. The molecule has 0 radical (unpaired) electrons. The van der Waals surface area contributed by atoms with Gasteiger partial charge in [-0.3, -0.25) is 4.79 Å². The predicted octanol–water partition coefficient (Wildman–Crippen LogP) is 3.77. The largest absolute Gasteiger partial charge is 0.448 e. The highest BCUT2D eigenvalue weighted by molar-refractivity contribution is 5.99. The number of amides is 1. The smallest absolute Gasteiger partial charge is 0.349 e. The number of benzene rings is 1. The molecule has 0 spiro atoms. The maximum Gasteiger partial charge on any atom is 0.349 e. The van der Waals surface area contributed by atoms with Crippen molar-refractivity contribution in [2.24, 2.45) is 11.8 Å². The first-order valence-corrected chi connectivity index (χ1v) is 9.51. The van der Waals surface area contributed by atoms with E-state index in [0.717, 1.165) is 24.0 Å². The Kier molecular flexibility index (Phi) is 7.18. The fourth-order valence-corrected chi connectivity index (χ4v) is 3.33. The van der Waals surface area contributed by atoms with Crippen molar-refractivity contribution < 1.29 is 14.3 Å². The molecule has 1 aromatic rings. The van der Waals surface area contributed by atoms with Gasteiger partial charge >= 0.3 is 5.97 Å². The minimum absolute atomic E-state index is 0.0981. The molecule has 1 N–H and O–H groups in total. The molecule has 1 amide bonds. The summed E-state index contributed by atoms with van der Waals surface area (Å²) in [4.78, 5) is 24.7. The number of ether oxygens (including phenoxy) is 1. The molecule has 1 aromatic carbocycles. The number of hydrogen-bond acceptors (Lipinski definition) is 4. The van der Waals surface area contributed by atoms with E-state index in [4.69, 9.17) is 4.74 Å². The third-order valence-corrected chi connectivity index (χ3v) is 5.42. The van der Waals surface area contributed by atoms with E-state index in [1.54, 1.807) is 0 Å². The predicted molar refractivity (Wildman–Crippen MR) is 104 cm³/mol. The first-order valence-electron chi connectivity index (χ1n) is 9.51. The minimum atomic E-state index is -0.947. The third kappa shape index (κ3) is 5.68. The Morgan fingerprint density at radius 3 is 2.56 bits per heavy atom. The van der Waals surface area contributed by atoms with Gasteiger partial charge in [0.05, 0.1) is 0 Å². The van der Waals surface area contributed by atoms with Crippen molar-refractivity contribution >= 4 is 18.0 Å². The Labute approximate surface area is 161 Å². The van der Waals surface area contributed by atoms with Crippen molar-refractivity contribution in [1.29, 1.82) is 5.26 Å². The summed E-state index contributed by atoms with van der Waals surface area (Å²) in [5, 5.41) is 12.3. The number of rotatable bonds is 5. The van der Waals surface area contributed by atoms with Crippen LogP contribution in [0.1, 0.15) is 51.2 Å². The molecule has 5 heteroatoms. The van der Waals surface area contributed by atoms with Crippen LogP contribution in [0.25, 0.3) is 6.08 Å². The maximum atomic E-state index is 12.4. The Balaban J connectivity index is 1.97. The summed E-state index contributed by atoms with van der Waals surface area (Å²) in [5.41, 5.74) is 1.69. The highest BCUT2D eigenvalue weighted by Gasteiger charge is 2.30. The van der Waals surface area contributed by atoms with Crippen LogP contribution in [0.15, 0.2) is 29.8 Å². The van der Waals surface area contributed by atoms with Gasteiger partial charge in [0.25, 0.3) is 5.91 Å². The second-order valence-electron chi connectivity index (χ2n) is 7.51. The zero-order valence-corrected chi connectivity index (χ0v) is 16.5. The Morgan fingerprint density at radius 1 is 1.26 bits per heavy atom. The van der Waals surface area contributed by atoms with Gasteiger partial charge < -0.3 is 10.1 Å². The molecule has 1 aliphatic rings. The summed E-state index contributed by atoms with van der Waals surface area (Å²) in [5.74, 6) is -0.154. The molecular formula is C22H28N2O3. The molecule has 144 valence electrons. The topological polar surface area (TPSA) is 79.2 Å². The number of nitrogens with one attached hydrogen (secondary N) is 1. The summed E-state index contributed by atoms with van der Waals surface area (Å²) in [6.45, 7) is 7.83. The Morgan fingerprint density at radius 2 is 1.93 bits per heavy atom. The number of carbonyl (C=O) groups is 2. The summed E-state index contributed by atoms with van der Waals surface area (Å²) in [6.07, 6.45) is 3.72. The molecule has 1 saturated carbocycles. The SMILES string of the molecule is Cc1ccc(/C=C(\C#N)C(=O)O[C@@H](C)C(=O)N[C@H]2CCC[C@H](C)[C@@H]2C)cc1. The summed E-state index contributed by atoms with van der Waals surface area (Å²) in [7, 11) is 0. The molecular weight excluding hydrogens is 340 g/mol. The third-order valence-electron chi connectivity index (χ3n) is 5.42. The molecule has 0 saturated heterocycles. The van der Waals surface area contributed by atoms with Crippen molar-refractivity contribution in [3.63, 3.8) is 0 Å². The first-order chi connectivity index (χ1) is 12.8. The number of esters is 1. The van der Waals surface area contributed by atoms with Crippen molar-refractivity contribution in [3.05, 3.63) is 41.0 Å². The average Bonchev–Trinajstić information content (AvgIpc) is 2.64. The van der Waals surface area contributed by atoms with Crippen LogP contribution in [-0.2, 0) is 14.3 Å². The van der Waals surface area contributed by atoms with E-state index < -0.39 is 12.1 Å². The summed E-state index contributed by atoms with van der Waals surface area (Å²) >= 11 is 0. The molecule has 0 aliphatic heterocycles. The van der Waals surface area contributed by atoms with E-state index in [0.29, 0.717) is 11.8 Å². The molecule has 5 nitrogen and oxygen atoms in total. The summed E-state index contributed by atoms with van der Waals surface area (Å²) < 4.78 is 5.22. The highest BCUT2D eigenvalue weighted by Crippen LogP contribution is 2.29. The molecule has 0 heterocycles. The monoisotopic (exact) mass is 368 g/mol. The fraction of sp³-hybridized carbons (Fsp3) is 0.500. The maximum absolute atomic E-state index is 12.4. The first kappa shape index (κ1) is 20.7. The van der Waals surface area contributed by atoms with Crippen LogP contribution in [-0.4, -0.2) is 24.0 Å². The number of nitriles is 1. The number of aryl methyl sites for hydroxylation is 1. The standard InChI is InChI=1S/C22H28N2O3/c1-14-8-10-18(11-9-14)12-19(13-23)22(26)27-17(4)21(25)24-20-7-5-6-15(2)16(20)3/h8-12,15-17,20H,5-7H2,1-4H3,(H,24,25)/b19-12+/t15-,16-,17-,20-/m0/s1. The Hall–Kier alpha value is -2.61. The fourth-order valence-electron chi connectivity index (χ4n) is 3.33. The normalized spacial score (nSPS) is 23.8. The number of hydrogen-bond donors (Lipinski definition) is 1. The Bertz CT molecular complexity index is 746. The molecule has 0 aromatic heterocycles. The minimum Gasteiger partial charge on any atom is -0.448 e. The lowest BCUT2D eigenvalue weighted by molar-refractivity contribution is -0.151. The van der Waals surface area contributed by atoms with Gasteiger partial charge in [0.2, 0.25) is 0 Å². The van der Waals surface area contributed by atoms with Crippen LogP contribution in [0, 0.1) is 30.1 Å². The molecule has 0 bridgehead atoms. The lowest BCUT2D eigenvalue weighted by Gasteiger charge is -2.35. The van der Waals surface area contributed by atoms with E-state index in [2.05, 4.69) is 19.2 Å². The lowest BCUT2D eigenvalue weighted by atomic mass is 9.78. The van der Waals surface area contributed by atoms with Crippen molar-refractivity contribution in [1.82, 2.24) is 5.32 Å². The molecule has 0 unspecified atom stereocenters. The van der Waals surface area contributed by atoms with Crippen LogP contribution in [0.5, 0.6) is 0 Å². The van der Waals surface area contributed by atoms with Gasteiger partial charge in [0.1, 0.15) is 11.6 Å². The van der Waals surface area contributed by atoms with Gasteiger partial charge in [-0.05, 0) is 43.7 Å². The van der Waals surface area contributed by atoms with Crippen LogP contribution >= 0.6 is 0 Å². The van der Waals surface area contributed by atoms with E-state index >= 15 is 0 Å². The quantitative estimate of drug-likeness (QED) is 0.487. The van der Waals surface area contributed by atoms with Gasteiger partial charge in [0, 0.05) is 6.04 Å². The van der Waals surface area contributed by atoms with Crippen LogP contribution < -0.4 is 5.32 Å². The van der Waals surface area contributed by atoms with Crippen molar-refractivity contribution in [3.8, 4) is 6.07 Å². The van der Waals surface area contributed by atoms with Gasteiger partial charge in [0.15, 0.2) is 6.10 Å². The van der Waals surface area contributed by atoms with Crippen LogP contribution in [0.3, 0.4) is 0 Å². The number of carbonyl (C=O) groups excluding carboxylic acids is 2. The van der Waals surface area contributed by atoms with E-state index in [1.165, 1.54) is 19.4 Å². The average molecular weight is 368 g/mol. The second kappa shape index (κ2) is 9.36. The van der Waals surface area contributed by atoms with E-state index in [9.17, 15) is 14.9 Å². The number of nitrogens with zero attached hydrogens (tertiary/aromatic N) is 1. The molecule has 4 atom stereocenters. The van der Waals surface area contributed by atoms with Crippen molar-refractivity contribution in [2.45, 2.75) is 59.1 Å². The highest BCUT2D eigenvalue weighted by atomic mass is 16.5. The molecule has 1 aliphatic carbocycles. The van der Waals surface area contributed by atoms with E-state index in [1.807, 2.05) is 37.3 Å². The van der Waals surface area contributed by atoms with Gasteiger partial charge in [-0.25, -0.2) is 4.79 Å². The van der Waals surface area contributed by atoms with Crippen molar-refractivity contribution in [2.75, 3.05) is 0 Å². The molecule has 2 rings (SSSR count). The zero-order chi connectivity index (χ0) is 20.0. The van der Waals surface area contributed by atoms with Crippen LogP contribution in [0.2, 0.25) is 0 Å². The van der Waals surface area contributed by atoms with E-state index in [-0.39, 0.29) is 17.5 Å². The molecule has 27 heavy (non-hydrogen) atoms. The van der Waals surface area contributed by atoms with Gasteiger partial charge in [-0.15, -0.1) is 0 Å². The van der Waals surface area contributed by atoms with Gasteiger partial charge in [-0.1, -0.05) is 56.5 Å². The lowest BCUT2D eigenvalue weighted by Crippen LogP contribution is -2.47. The summed E-state index contributed by atoms with van der Waals surface area (Å²) in [6, 6.07) is 9.39.